The van der Waals surface area contributed by atoms with E-state index in [1.807, 2.05) is 0 Å². The predicted octanol–water partition coefficient (Wildman–Crippen LogP) is -19.4. The molecule has 0 N–H and O–H groups in total. The molecule has 0 spiro atoms. The van der Waals surface area contributed by atoms with Gasteiger partial charge in [0.2, 0.25) is 0 Å². The Labute approximate surface area is 309 Å². The Morgan fingerprint density at radius 2 is 0.667 bits per heavy atom. The Bertz CT molecular complexity index is 331. The van der Waals surface area contributed by atoms with Crippen molar-refractivity contribution in [2.45, 2.75) is 0 Å². The normalized spacial score (nSPS) is 8.92. The standard InChI is InChI=1S/C10H16N2O8.4K/c13-7(14)3-11(4-8(15)16)1-2-12(5-9(17)18)6-10(19)20;;;;/h1-6H2,(H,13,14)(H,15,16)(H,17,18)(H,19,20);;;;/q;4*+1/p-4. The number of rotatable bonds is 11. The van der Waals surface area contributed by atoms with Gasteiger partial charge in [0.05, 0.1) is 23.9 Å². The Hall–Kier alpha value is 4.35. The van der Waals surface area contributed by atoms with Gasteiger partial charge in [-0.1, -0.05) is 0 Å². The number of hydrogen-bond donors (Lipinski definition) is 0. The van der Waals surface area contributed by atoms with Gasteiger partial charge in [0.25, 0.3) is 0 Å². The summed E-state index contributed by atoms with van der Waals surface area (Å²) in [6, 6.07) is 0. The van der Waals surface area contributed by atoms with Crippen molar-refractivity contribution in [3.05, 3.63) is 0 Å². The monoisotopic (exact) mass is 444 g/mol. The smallest absolute Gasteiger partial charge is 0.549 e. The summed E-state index contributed by atoms with van der Waals surface area (Å²) in [5.74, 6) is -6.12. The van der Waals surface area contributed by atoms with Crippen molar-refractivity contribution < 1.29 is 245 Å². The molecule has 0 saturated carbocycles. The summed E-state index contributed by atoms with van der Waals surface area (Å²) in [6.07, 6.45) is 0. The van der Waals surface area contributed by atoms with Crippen LogP contribution in [-0.4, -0.2) is 72.9 Å². The molecule has 0 aromatic heterocycles. The minimum atomic E-state index is -1.53. The Kier molecular flexibility index (Phi) is 38.3. The van der Waals surface area contributed by atoms with Crippen LogP contribution in [0.1, 0.15) is 0 Å². The SMILES string of the molecule is O=C([O-])CN(CCN(CC(=O)[O-])CC(=O)[O-])CC(=O)[O-].[K+].[K+].[K+].[K+]. The van der Waals surface area contributed by atoms with Crippen LogP contribution < -0.4 is 226 Å². The van der Waals surface area contributed by atoms with E-state index < -0.39 is 50.1 Å². The van der Waals surface area contributed by atoms with E-state index in [-0.39, 0.29) is 219 Å². The van der Waals surface area contributed by atoms with Crippen molar-refractivity contribution >= 4 is 23.9 Å². The molecular weight excluding hydrogens is 433 g/mol. The van der Waals surface area contributed by atoms with Crippen molar-refractivity contribution in [1.29, 1.82) is 0 Å². The number of nitrogens with zero attached hydrogens (tertiary/aromatic N) is 2. The summed E-state index contributed by atoms with van der Waals surface area (Å²) in [5, 5.41) is 41.6. The number of hydrogen-bond acceptors (Lipinski definition) is 10. The van der Waals surface area contributed by atoms with Gasteiger partial charge in [-0.15, -0.1) is 0 Å². The summed E-state index contributed by atoms with van der Waals surface area (Å²) in [4.78, 5) is 43.4. The van der Waals surface area contributed by atoms with E-state index in [1.165, 1.54) is 0 Å². The fraction of sp³-hybridized carbons (Fsp3) is 0.600. The molecule has 0 saturated heterocycles. The van der Waals surface area contributed by atoms with Crippen LogP contribution in [0, 0.1) is 0 Å². The molecule has 0 bridgehead atoms. The third-order valence-corrected chi connectivity index (χ3v) is 2.14. The second-order valence-electron chi connectivity index (χ2n) is 3.91. The summed E-state index contributed by atoms with van der Waals surface area (Å²) >= 11 is 0. The molecule has 14 heteroatoms. The maximum atomic E-state index is 10.4. The molecule has 0 aromatic carbocycles. The van der Waals surface area contributed by atoms with E-state index in [9.17, 15) is 39.6 Å². The first kappa shape index (κ1) is 38.9. The van der Waals surface area contributed by atoms with Gasteiger partial charge in [-0.2, -0.15) is 0 Å². The average Bonchev–Trinajstić information content (AvgIpc) is 2.22. The first-order valence-corrected chi connectivity index (χ1v) is 5.44. The second kappa shape index (κ2) is 23.6. The zero-order valence-corrected chi connectivity index (χ0v) is 26.9. The molecule has 24 heavy (non-hydrogen) atoms. The van der Waals surface area contributed by atoms with Crippen LogP contribution in [-0.2, 0) is 19.2 Å². The van der Waals surface area contributed by atoms with Crippen molar-refractivity contribution in [2.24, 2.45) is 0 Å². The van der Waals surface area contributed by atoms with Gasteiger partial charge >= 0.3 is 206 Å². The van der Waals surface area contributed by atoms with Crippen molar-refractivity contribution in [3.8, 4) is 0 Å². The third-order valence-electron chi connectivity index (χ3n) is 2.14. The fourth-order valence-corrected chi connectivity index (χ4v) is 1.44. The molecular formula is C10H12K4N2O8. The molecule has 0 aromatic rings. The van der Waals surface area contributed by atoms with Crippen LogP contribution in [0.25, 0.3) is 0 Å². The minimum absolute atomic E-state index is 0. The van der Waals surface area contributed by atoms with Crippen LogP contribution in [0.3, 0.4) is 0 Å². The Balaban J connectivity index is -0.000000301. The molecule has 0 radical (unpaired) electrons. The number of carboxylic acids is 4. The van der Waals surface area contributed by atoms with Crippen LogP contribution in [0.15, 0.2) is 0 Å². The third kappa shape index (κ3) is 26.3. The molecule has 0 heterocycles. The fourth-order valence-electron chi connectivity index (χ4n) is 1.44. The summed E-state index contributed by atoms with van der Waals surface area (Å²) < 4.78 is 0. The zero-order chi connectivity index (χ0) is 15.7. The molecule has 0 fully saturated rings. The van der Waals surface area contributed by atoms with E-state index in [0.29, 0.717) is 0 Å². The van der Waals surface area contributed by atoms with Crippen molar-refractivity contribution in [2.75, 3.05) is 39.3 Å². The van der Waals surface area contributed by atoms with Crippen LogP contribution in [0.4, 0.5) is 0 Å². The minimum Gasteiger partial charge on any atom is -0.549 e. The van der Waals surface area contributed by atoms with Gasteiger partial charge < -0.3 is 39.6 Å². The Morgan fingerprint density at radius 1 is 0.500 bits per heavy atom. The molecule has 0 rings (SSSR count). The van der Waals surface area contributed by atoms with Gasteiger partial charge in [-0.3, -0.25) is 9.80 Å². The molecule has 0 atom stereocenters. The van der Waals surface area contributed by atoms with Gasteiger partial charge in [0, 0.05) is 39.3 Å². The van der Waals surface area contributed by atoms with Crippen LogP contribution >= 0.6 is 0 Å². The van der Waals surface area contributed by atoms with E-state index >= 15 is 0 Å². The predicted molar refractivity (Wildman–Crippen MR) is 52.9 cm³/mol. The van der Waals surface area contributed by atoms with Gasteiger partial charge in [0.15, 0.2) is 0 Å². The molecule has 0 amide bonds. The van der Waals surface area contributed by atoms with Gasteiger partial charge in [-0.25, -0.2) is 0 Å². The number of carbonyl (C=O) groups is 4. The van der Waals surface area contributed by atoms with E-state index in [4.69, 9.17) is 0 Å². The number of aliphatic carboxylic acids is 4. The van der Waals surface area contributed by atoms with Crippen molar-refractivity contribution in [3.63, 3.8) is 0 Å². The molecule has 0 aliphatic rings. The van der Waals surface area contributed by atoms with Crippen LogP contribution in [0.2, 0.25) is 0 Å². The molecule has 0 unspecified atom stereocenters. The number of carbonyl (C=O) groups excluding carboxylic acids is 4. The van der Waals surface area contributed by atoms with E-state index in [1.54, 1.807) is 0 Å². The van der Waals surface area contributed by atoms with Gasteiger partial charge in [0.1, 0.15) is 0 Å². The van der Waals surface area contributed by atoms with Crippen molar-refractivity contribution in [1.82, 2.24) is 9.80 Å². The first-order valence-electron chi connectivity index (χ1n) is 5.44. The molecule has 10 nitrogen and oxygen atoms in total. The largest absolute Gasteiger partial charge is 1.00 e. The Morgan fingerprint density at radius 3 is 0.792 bits per heavy atom. The second-order valence-corrected chi connectivity index (χ2v) is 3.91. The quantitative estimate of drug-likeness (QED) is 0.279. The summed E-state index contributed by atoms with van der Waals surface area (Å²) in [7, 11) is 0. The van der Waals surface area contributed by atoms with E-state index in [2.05, 4.69) is 0 Å². The molecule has 0 aliphatic heterocycles. The topological polar surface area (TPSA) is 167 Å². The molecule has 0 aliphatic carbocycles. The number of carboxylic acid groups (broad SMARTS) is 4. The van der Waals surface area contributed by atoms with Gasteiger partial charge in [-0.05, 0) is 0 Å². The zero-order valence-electron chi connectivity index (χ0n) is 14.4. The summed E-state index contributed by atoms with van der Waals surface area (Å²) in [5.41, 5.74) is 0. The molecule has 114 valence electrons. The average molecular weight is 445 g/mol. The van der Waals surface area contributed by atoms with Crippen LogP contribution in [0.5, 0.6) is 0 Å². The summed E-state index contributed by atoms with van der Waals surface area (Å²) in [6.45, 7) is -3.25. The maximum Gasteiger partial charge on any atom is 1.00 e. The van der Waals surface area contributed by atoms with E-state index in [0.717, 1.165) is 9.80 Å². The maximum absolute atomic E-state index is 10.4. The first-order chi connectivity index (χ1) is 9.20.